The van der Waals surface area contributed by atoms with Crippen LogP contribution >= 0.6 is 0 Å². The molecule has 0 amide bonds. The molecule has 0 aliphatic carbocycles. The summed E-state index contributed by atoms with van der Waals surface area (Å²) in [5.74, 6) is 1.89. The maximum absolute atomic E-state index is 4.46. The van der Waals surface area contributed by atoms with Crippen LogP contribution in [-0.2, 0) is 13.1 Å². The Kier molecular flexibility index (Phi) is 5.39. The van der Waals surface area contributed by atoms with Gasteiger partial charge in [-0.25, -0.2) is 4.98 Å². The van der Waals surface area contributed by atoms with E-state index in [9.17, 15) is 0 Å². The van der Waals surface area contributed by atoms with E-state index in [0.29, 0.717) is 0 Å². The minimum Gasteiger partial charge on any atom is -0.331 e. The van der Waals surface area contributed by atoms with Gasteiger partial charge in [0.25, 0.3) is 0 Å². The van der Waals surface area contributed by atoms with E-state index < -0.39 is 0 Å². The summed E-state index contributed by atoms with van der Waals surface area (Å²) in [6.07, 6.45) is 4.48. The normalized spacial score (nSPS) is 12.4. The van der Waals surface area contributed by atoms with Crippen LogP contribution in [0.1, 0.15) is 59.0 Å². The lowest BCUT2D eigenvalue weighted by Gasteiger charge is -2.22. The van der Waals surface area contributed by atoms with Crippen LogP contribution in [0.5, 0.6) is 0 Å². The molecule has 0 fully saturated rings. The van der Waals surface area contributed by atoms with Crippen molar-refractivity contribution in [3.63, 3.8) is 0 Å². The number of nitrogens with one attached hydrogen (secondary N) is 1. The molecule has 0 aliphatic rings. The molecule has 18 heavy (non-hydrogen) atoms. The Labute approximate surface area is 112 Å². The third-order valence-corrected chi connectivity index (χ3v) is 3.53. The van der Waals surface area contributed by atoms with E-state index in [1.54, 1.807) is 0 Å². The van der Waals surface area contributed by atoms with E-state index >= 15 is 0 Å². The van der Waals surface area contributed by atoms with E-state index in [1.807, 2.05) is 6.20 Å². The smallest absolute Gasteiger partial charge is 0.105 e. The van der Waals surface area contributed by atoms with Gasteiger partial charge < -0.3 is 9.88 Å². The SMILES string of the molecule is CCC(CC)Cn1c(CNC(C)(C)C)cnc1C. The summed E-state index contributed by atoms with van der Waals surface area (Å²) >= 11 is 0. The van der Waals surface area contributed by atoms with Gasteiger partial charge in [0, 0.05) is 24.8 Å². The molecule has 3 heteroatoms. The fourth-order valence-electron chi connectivity index (χ4n) is 2.07. The Bertz CT molecular complexity index is 356. The van der Waals surface area contributed by atoms with E-state index in [4.69, 9.17) is 0 Å². The quantitative estimate of drug-likeness (QED) is 0.838. The number of imidazole rings is 1. The Balaban J connectivity index is 2.75. The van der Waals surface area contributed by atoms with Crippen molar-refractivity contribution in [2.24, 2.45) is 5.92 Å². The van der Waals surface area contributed by atoms with Crippen LogP contribution in [0.25, 0.3) is 0 Å². The molecule has 3 nitrogen and oxygen atoms in total. The van der Waals surface area contributed by atoms with E-state index in [-0.39, 0.29) is 5.54 Å². The van der Waals surface area contributed by atoms with Crippen molar-refractivity contribution in [2.75, 3.05) is 0 Å². The standard InChI is InChI=1S/C15H29N3/c1-7-13(8-2)11-18-12(3)16-9-14(18)10-17-15(4,5)6/h9,13,17H,7-8,10-11H2,1-6H3. The second kappa shape index (κ2) is 6.37. The van der Waals surface area contributed by atoms with Gasteiger partial charge in [-0.05, 0) is 33.6 Å². The highest BCUT2D eigenvalue weighted by Crippen LogP contribution is 2.15. The van der Waals surface area contributed by atoms with Crippen molar-refractivity contribution in [3.8, 4) is 0 Å². The Hall–Kier alpha value is -0.830. The molecule has 104 valence electrons. The van der Waals surface area contributed by atoms with Crippen LogP contribution in [-0.4, -0.2) is 15.1 Å². The molecule has 1 heterocycles. The summed E-state index contributed by atoms with van der Waals surface area (Å²) in [7, 11) is 0. The summed E-state index contributed by atoms with van der Waals surface area (Å²) in [4.78, 5) is 4.46. The van der Waals surface area contributed by atoms with Gasteiger partial charge in [-0.15, -0.1) is 0 Å². The van der Waals surface area contributed by atoms with Crippen molar-refractivity contribution >= 4 is 0 Å². The highest BCUT2D eigenvalue weighted by molar-refractivity contribution is 5.05. The molecular weight excluding hydrogens is 222 g/mol. The number of rotatable bonds is 6. The highest BCUT2D eigenvalue weighted by Gasteiger charge is 2.14. The maximum Gasteiger partial charge on any atom is 0.105 e. The van der Waals surface area contributed by atoms with Crippen molar-refractivity contribution in [2.45, 2.75) is 73.0 Å². The van der Waals surface area contributed by atoms with Gasteiger partial charge >= 0.3 is 0 Å². The third kappa shape index (κ3) is 4.45. The second-order valence-electron chi connectivity index (χ2n) is 6.19. The second-order valence-corrected chi connectivity index (χ2v) is 6.19. The lowest BCUT2D eigenvalue weighted by Crippen LogP contribution is -2.35. The lowest BCUT2D eigenvalue weighted by atomic mass is 10.0. The van der Waals surface area contributed by atoms with Crippen LogP contribution in [0.2, 0.25) is 0 Å². The zero-order chi connectivity index (χ0) is 13.8. The topological polar surface area (TPSA) is 29.9 Å². The summed E-state index contributed by atoms with van der Waals surface area (Å²) < 4.78 is 2.37. The first-order valence-corrected chi connectivity index (χ1v) is 7.13. The molecule has 0 aromatic carbocycles. The first kappa shape index (κ1) is 15.2. The number of aromatic nitrogens is 2. The van der Waals surface area contributed by atoms with Crippen molar-refractivity contribution in [1.82, 2.24) is 14.9 Å². The molecule has 0 spiro atoms. The Morgan fingerprint density at radius 1 is 1.28 bits per heavy atom. The summed E-state index contributed by atoms with van der Waals surface area (Å²) in [6, 6.07) is 0. The van der Waals surface area contributed by atoms with Crippen LogP contribution in [0.4, 0.5) is 0 Å². The molecule has 0 saturated carbocycles. The maximum atomic E-state index is 4.46. The number of hydrogen-bond acceptors (Lipinski definition) is 2. The molecule has 1 aromatic heterocycles. The molecule has 0 atom stereocenters. The average Bonchev–Trinajstić information content (AvgIpc) is 2.63. The van der Waals surface area contributed by atoms with Gasteiger partial charge in [-0.2, -0.15) is 0 Å². The van der Waals surface area contributed by atoms with E-state index in [1.165, 1.54) is 18.5 Å². The van der Waals surface area contributed by atoms with Crippen molar-refractivity contribution < 1.29 is 0 Å². The lowest BCUT2D eigenvalue weighted by molar-refractivity contribution is 0.385. The van der Waals surface area contributed by atoms with Gasteiger partial charge in [0.05, 0.1) is 5.69 Å². The third-order valence-electron chi connectivity index (χ3n) is 3.53. The van der Waals surface area contributed by atoms with Crippen LogP contribution in [0, 0.1) is 12.8 Å². The van der Waals surface area contributed by atoms with Gasteiger partial charge in [0.2, 0.25) is 0 Å². The predicted molar refractivity (Wildman–Crippen MR) is 77.6 cm³/mol. The zero-order valence-corrected chi connectivity index (χ0v) is 12.9. The van der Waals surface area contributed by atoms with Crippen molar-refractivity contribution in [1.29, 1.82) is 0 Å². The van der Waals surface area contributed by atoms with E-state index in [2.05, 4.69) is 56.4 Å². The minimum atomic E-state index is 0.151. The van der Waals surface area contributed by atoms with Crippen LogP contribution < -0.4 is 5.32 Å². The Morgan fingerprint density at radius 3 is 2.39 bits per heavy atom. The van der Waals surface area contributed by atoms with Gasteiger partial charge in [-0.1, -0.05) is 26.7 Å². The first-order valence-electron chi connectivity index (χ1n) is 7.13. The number of aryl methyl sites for hydroxylation is 1. The fourth-order valence-corrected chi connectivity index (χ4v) is 2.07. The van der Waals surface area contributed by atoms with E-state index in [0.717, 1.165) is 24.8 Å². The number of nitrogens with zero attached hydrogens (tertiary/aromatic N) is 2. The molecular formula is C15H29N3. The summed E-state index contributed by atoms with van der Waals surface area (Å²) in [6.45, 7) is 15.2. The van der Waals surface area contributed by atoms with Gasteiger partial charge in [-0.3, -0.25) is 0 Å². The van der Waals surface area contributed by atoms with Crippen LogP contribution in [0.15, 0.2) is 6.20 Å². The molecule has 1 N–H and O–H groups in total. The first-order chi connectivity index (χ1) is 8.37. The largest absolute Gasteiger partial charge is 0.331 e. The average molecular weight is 251 g/mol. The molecule has 1 rings (SSSR count). The molecule has 0 aliphatic heterocycles. The monoisotopic (exact) mass is 251 g/mol. The van der Waals surface area contributed by atoms with Gasteiger partial charge in [0.1, 0.15) is 5.82 Å². The van der Waals surface area contributed by atoms with Crippen LogP contribution in [0.3, 0.4) is 0 Å². The summed E-state index contributed by atoms with van der Waals surface area (Å²) in [5.41, 5.74) is 1.45. The van der Waals surface area contributed by atoms with Crippen molar-refractivity contribution in [3.05, 3.63) is 17.7 Å². The molecule has 0 unspecified atom stereocenters. The zero-order valence-electron chi connectivity index (χ0n) is 12.9. The molecule has 0 saturated heterocycles. The highest BCUT2D eigenvalue weighted by atomic mass is 15.1. The predicted octanol–water partition coefficient (Wildman–Crippen LogP) is 3.52. The minimum absolute atomic E-state index is 0.151. The molecule has 0 bridgehead atoms. The Morgan fingerprint density at radius 2 is 1.89 bits per heavy atom. The number of hydrogen-bond donors (Lipinski definition) is 1. The molecule has 1 aromatic rings. The van der Waals surface area contributed by atoms with Gasteiger partial charge in [0.15, 0.2) is 0 Å². The fraction of sp³-hybridized carbons (Fsp3) is 0.800. The molecule has 0 radical (unpaired) electrons. The summed E-state index contributed by atoms with van der Waals surface area (Å²) in [5, 5.41) is 3.54.